The Morgan fingerprint density at radius 2 is 1.79 bits per heavy atom. The summed E-state index contributed by atoms with van der Waals surface area (Å²) in [6, 6.07) is 12.6. The summed E-state index contributed by atoms with van der Waals surface area (Å²) < 4.78 is 31.5. The molecule has 1 unspecified atom stereocenters. The van der Waals surface area contributed by atoms with Crippen molar-refractivity contribution in [3.05, 3.63) is 59.7 Å². The van der Waals surface area contributed by atoms with Crippen molar-refractivity contribution < 1.29 is 22.7 Å². The molecule has 0 spiro atoms. The third-order valence-corrected chi connectivity index (χ3v) is 5.47. The number of ether oxygens (including phenoxy) is 1. The Hall–Kier alpha value is -2.91. The summed E-state index contributed by atoms with van der Waals surface area (Å²) in [5.74, 6) is -0.814. The minimum Gasteiger partial charge on any atom is -0.495 e. The predicted molar refractivity (Wildman–Crippen MR) is 104 cm³/mol. The van der Waals surface area contributed by atoms with Crippen molar-refractivity contribution >= 4 is 21.8 Å². The maximum Gasteiger partial charge on any atom is 0.251 e. The van der Waals surface area contributed by atoms with Crippen LogP contribution in [0.3, 0.4) is 0 Å². The molecule has 0 saturated heterocycles. The van der Waals surface area contributed by atoms with Crippen LogP contribution in [0.2, 0.25) is 0 Å². The third kappa shape index (κ3) is 5.30. The van der Waals surface area contributed by atoms with Gasteiger partial charge in [-0.1, -0.05) is 30.3 Å². The van der Waals surface area contributed by atoms with Gasteiger partial charge in [-0.15, -0.1) is 0 Å². The van der Waals surface area contributed by atoms with Gasteiger partial charge in [-0.2, -0.15) is 0 Å². The maximum absolute atomic E-state index is 12.5. The van der Waals surface area contributed by atoms with E-state index in [1.54, 1.807) is 6.92 Å². The van der Waals surface area contributed by atoms with Gasteiger partial charge >= 0.3 is 0 Å². The summed E-state index contributed by atoms with van der Waals surface area (Å²) in [5.41, 5.74) is 1.03. The van der Waals surface area contributed by atoms with Gasteiger partial charge in [0.05, 0.1) is 7.11 Å². The number of sulfonamides is 1. The minimum atomic E-state index is -3.82. The Labute approximate surface area is 164 Å². The molecule has 0 saturated carbocycles. The molecular weight excluding hydrogens is 382 g/mol. The van der Waals surface area contributed by atoms with Crippen LogP contribution in [0.1, 0.15) is 22.8 Å². The molecule has 2 rings (SSSR count). The van der Waals surface area contributed by atoms with Gasteiger partial charge in [0.25, 0.3) is 5.91 Å². The summed E-state index contributed by atoms with van der Waals surface area (Å²) in [6.07, 6.45) is 0. The van der Waals surface area contributed by atoms with Crippen molar-refractivity contribution in [3.8, 4) is 5.75 Å². The number of amides is 2. The average molecular weight is 405 g/mol. The fourth-order valence-electron chi connectivity index (χ4n) is 2.42. The van der Waals surface area contributed by atoms with Gasteiger partial charge in [-0.25, -0.2) is 13.1 Å². The van der Waals surface area contributed by atoms with Crippen LogP contribution in [0.15, 0.2) is 53.4 Å². The van der Waals surface area contributed by atoms with Gasteiger partial charge in [0, 0.05) is 12.1 Å². The van der Waals surface area contributed by atoms with Crippen molar-refractivity contribution in [2.45, 2.75) is 24.4 Å². The van der Waals surface area contributed by atoms with E-state index in [4.69, 9.17) is 4.74 Å². The van der Waals surface area contributed by atoms with E-state index >= 15 is 0 Å². The largest absolute Gasteiger partial charge is 0.495 e. The Kier molecular flexibility index (Phi) is 7.13. The minimum absolute atomic E-state index is 0.0948. The monoisotopic (exact) mass is 405 g/mol. The molecule has 0 radical (unpaired) electrons. The lowest BCUT2D eigenvalue weighted by molar-refractivity contribution is -0.122. The van der Waals surface area contributed by atoms with Crippen LogP contribution in [-0.2, 0) is 21.4 Å². The molecule has 0 aromatic heterocycles. The Morgan fingerprint density at radius 3 is 2.39 bits per heavy atom. The smallest absolute Gasteiger partial charge is 0.251 e. The molecule has 8 nitrogen and oxygen atoms in total. The standard InChI is InChI=1S/C19H23N3O5S/c1-13(18(23)21-12-14-7-5-4-6-8-14)22-19(24)15-9-10-16(27-3)17(11-15)28(25,26)20-2/h4-11,13,20H,12H2,1-3H3,(H,21,23)(H,22,24). The highest BCUT2D eigenvalue weighted by Crippen LogP contribution is 2.24. The normalized spacial score (nSPS) is 12.1. The Bertz CT molecular complexity index is 945. The highest BCUT2D eigenvalue weighted by molar-refractivity contribution is 7.89. The number of methoxy groups -OCH3 is 1. The van der Waals surface area contributed by atoms with E-state index in [1.165, 1.54) is 32.4 Å². The Balaban J connectivity index is 2.07. The first kappa shape index (κ1) is 21.4. The van der Waals surface area contributed by atoms with E-state index in [0.717, 1.165) is 5.56 Å². The zero-order valence-electron chi connectivity index (χ0n) is 15.9. The van der Waals surface area contributed by atoms with Gasteiger partial charge in [0.1, 0.15) is 16.7 Å². The second-order valence-electron chi connectivity index (χ2n) is 5.97. The zero-order valence-corrected chi connectivity index (χ0v) is 16.7. The molecule has 0 aliphatic heterocycles. The topological polar surface area (TPSA) is 114 Å². The van der Waals surface area contributed by atoms with Crippen molar-refractivity contribution in [1.82, 2.24) is 15.4 Å². The molecule has 0 aliphatic carbocycles. The van der Waals surface area contributed by atoms with E-state index in [-0.39, 0.29) is 22.1 Å². The average Bonchev–Trinajstić information content (AvgIpc) is 2.72. The molecule has 9 heteroatoms. The lowest BCUT2D eigenvalue weighted by Gasteiger charge is -2.15. The predicted octanol–water partition coefficient (Wildman–Crippen LogP) is 1.04. The quantitative estimate of drug-likeness (QED) is 0.607. The van der Waals surface area contributed by atoms with E-state index in [2.05, 4.69) is 15.4 Å². The summed E-state index contributed by atoms with van der Waals surface area (Å²) in [5, 5.41) is 5.30. The number of benzene rings is 2. The van der Waals surface area contributed by atoms with Crippen LogP contribution < -0.4 is 20.1 Å². The molecule has 0 aliphatic rings. The van der Waals surface area contributed by atoms with Gasteiger partial charge in [0.15, 0.2) is 0 Å². The maximum atomic E-state index is 12.5. The van der Waals surface area contributed by atoms with Crippen LogP contribution in [0.5, 0.6) is 5.75 Å². The summed E-state index contributed by atoms with van der Waals surface area (Å²) >= 11 is 0. The second kappa shape index (κ2) is 9.34. The highest BCUT2D eigenvalue weighted by atomic mass is 32.2. The number of nitrogens with one attached hydrogen (secondary N) is 3. The van der Waals surface area contributed by atoms with Crippen molar-refractivity contribution in [2.75, 3.05) is 14.2 Å². The molecular formula is C19H23N3O5S. The van der Waals surface area contributed by atoms with E-state index in [0.29, 0.717) is 6.54 Å². The van der Waals surface area contributed by atoms with Crippen LogP contribution in [0.25, 0.3) is 0 Å². The van der Waals surface area contributed by atoms with E-state index < -0.39 is 22.0 Å². The number of carbonyl (C=O) groups excluding carboxylic acids is 2. The lowest BCUT2D eigenvalue weighted by atomic mass is 10.2. The first-order chi connectivity index (χ1) is 13.3. The summed E-state index contributed by atoms with van der Waals surface area (Å²) in [7, 11) is -1.21. The number of hydrogen-bond donors (Lipinski definition) is 3. The van der Waals surface area contributed by atoms with Crippen molar-refractivity contribution in [2.24, 2.45) is 0 Å². The number of rotatable bonds is 8. The van der Waals surface area contributed by atoms with Gasteiger partial charge < -0.3 is 15.4 Å². The molecule has 2 amide bonds. The van der Waals surface area contributed by atoms with Crippen molar-refractivity contribution in [1.29, 1.82) is 0 Å². The van der Waals surface area contributed by atoms with E-state index in [1.807, 2.05) is 30.3 Å². The van der Waals surface area contributed by atoms with Crippen LogP contribution in [-0.4, -0.2) is 40.4 Å². The van der Waals surface area contributed by atoms with Gasteiger partial charge in [-0.3, -0.25) is 9.59 Å². The van der Waals surface area contributed by atoms with Crippen LogP contribution >= 0.6 is 0 Å². The number of carbonyl (C=O) groups is 2. The molecule has 0 heterocycles. The SMILES string of the molecule is CNS(=O)(=O)c1cc(C(=O)NC(C)C(=O)NCc2ccccc2)ccc1OC. The van der Waals surface area contributed by atoms with Crippen LogP contribution in [0, 0.1) is 0 Å². The van der Waals surface area contributed by atoms with E-state index in [9.17, 15) is 18.0 Å². The molecule has 3 N–H and O–H groups in total. The fourth-order valence-corrected chi connectivity index (χ4v) is 3.34. The van der Waals surface area contributed by atoms with Gasteiger partial charge in [0.2, 0.25) is 15.9 Å². The van der Waals surface area contributed by atoms with Crippen molar-refractivity contribution in [3.63, 3.8) is 0 Å². The lowest BCUT2D eigenvalue weighted by Crippen LogP contribution is -2.44. The summed E-state index contributed by atoms with van der Waals surface area (Å²) in [4.78, 5) is 24.5. The molecule has 2 aromatic carbocycles. The first-order valence-electron chi connectivity index (χ1n) is 8.52. The summed E-state index contributed by atoms with van der Waals surface area (Å²) in [6.45, 7) is 1.89. The second-order valence-corrected chi connectivity index (χ2v) is 7.83. The molecule has 150 valence electrons. The first-order valence-corrected chi connectivity index (χ1v) is 10.0. The molecule has 2 aromatic rings. The fraction of sp³-hybridized carbons (Fsp3) is 0.263. The highest BCUT2D eigenvalue weighted by Gasteiger charge is 2.22. The number of hydrogen-bond acceptors (Lipinski definition) is 5. The molecule has 28 heavy (non-hydrogen) atoms. The molecule has 0 fully saturated rings. The third-order valence-electron chi connectivity index (χ3n) is 4.03. The van der Waals surface area contributed by atoms with Crippen LogP contribution in [0.4, 0.5) is 0 Å². The zero-order chi connectivity index (χ0) is 20.7. The Morgan fingerprint density at radius 1 is 1.11 bits per heavy atom. The van der Waals surface area contributed by atoms with Gasteiger partial charge in [-0.05, 0) is 37.7 Å². The molecule has 1 atom stereocenters. The molecule has 0 bridgehead atoms.